The van der Waals surface area contributed by atoms with E-state index in [9.17, 15) is 14.8 Å². The summed E-state index contributed by atoms with van der Waals surface area (Å²) >= 11 is 3.23. The summed E-state index contributed by atoms with van der Waals surface area (Å²) in [5.41, 5.74) is 1.53. The Morgan fingerprint density at radius 2 is 1.92 bits per heavy atom. The number of hydrogen-bond donors (Lipinski definition) is 1. The smallest absolute Gasteiger partial charge is 0.337 e. The molecule has 1 N–H and O–H groups in total. The number of esters is 1. The molecule has 0 radical (unpaired) electrons. The number of benzene rings is 1. The lowest BCUT2D eigenvalue weighted by atomic mass is 9.92. The van der Waals surface area contributed by atoms with Gasteiger partial charge in [0.1, 0.15) is 4.47 Å². The minimum absolute atomic E-state index is 0.0990. The lowest BCUT2D eigenvalue weighted by molar-refractivity contribution is -0.590. The Morgan fingerprint density at radius 1 is 1.28 bits per heavy atom. The van der Waals surface area contributed by atoms with Gasteiger partial charge < -0.3 is 9.94 Å². The van der Waals surface area contributed by atoms with E-state index in [4.69, 9.17) is 0 Å². The van der Waals surface area contributed by atoms with Crippen molar-refractivity contribution in [3.8, 4) is 0 Å². The van der Waals surface area contributed by atoms with Crippen LogP contribution in [0.25, 0.3) is 0 Å². The van der Waals surface area contributed by atoms with Crippen molar-refractivity contribution in [2.75, 3.05) is 12.4 Å². The van der Waals surface area contributed by atoms with Gasteiger partial charge in [-0.3, -0.25) is 0 Å². The number of pyridine rings is 1. The fraction of sp³-hybridized carbons (Fsp3) is 0.167. The predicted octanol–water partition coefficient (Wildman–Crippen LogP) is 3.17. The molecule has 6 nitrogen and oxygen atoms in total. The van der Waals surface area contributed by atoms with E-state index in [-0.39, 0.29) is 11.7 Å². The summed E-state index contributed by atoms with van der Waals surface area (Å²) in [5, 5.41) is 14.3. The number of rotatable bonds is 5. The maximum absolute atomic E-state index is 12.4. The first-order valence-corrected chi connectivity index (χ1v) is 8.20. The van der Waals surface area contributed by atoms with E-state index in [1.807, 2.05) is 6.92 Å². The Morgan fingerprint density at radius 3 is 2.48 bits per heavy atom. The fourth-order valence-electron chi connectivity index (χ4n) is 2.19. The lowest BCUT2D eigenvalue weighted by Crippen LogP contribution is -2.33. The standard InChI is InChI=1S/C18H17BrN2O4/c1-11(13-6-8-14(9-7-13)18(23)25-3)12(2)17(22)20-16-15(19)5-4-10-21(16)24/h4-11H,2H2,1,3H3,(H,20,22). The lowest BCUT2D eigenvalue weighted by Gasteiger charge is -2.14. The maximum Gasteiger partial charge on any atom is 0.337 e. The first-order valence-electron chi connectivity index (χ1n) is 7.41. The molecule has 0 bridgehead atoms. The third-order valence-corrected chi connectivity index (χ3v) is 4.43. The predicted molar refractivity (Wildman–Crippen MR) is 97.1 cm³/mol. The Kier molecular flexibility index (Phi) is 5.93. The molecule has 7 heteroatoms. The maximum atomic E-state index is 12.4. The summed E-state index contributed by atoms with van der Waals surface area (Å²) in [7, 11) is 1.31. The van der Waals surface area contributed by atoms with Gasteiger partial charge in [0, 0.05) is 11.5 Å². The highest BCUT2D eigenvalue weighted by Gasteiger charge is 2.23. The summed E-state index contributed by atoms with van der Waals surface area (Å²) < 4.78 is 5.69. The molecule has 0 fully saturated rings. The van der Waals surface area contributed by atoms with E-state index in [1.165, 1.54) is 13.3 Å². The highest BCUT2D eigenvalue weighted by atomic mass is 79.9. The summed E-state index contributed by atoms with van der Waals surface area (Å²) in [5.74, 6) is -1.08. The number of anilines is 1. The molecular formula is C18H17BrN2O4. The Labute approximate surface area is 153 Å². The molecule has 1 amide bonds. The topological polar surface area (TPSA) is 82.3 Å². The second-order valence-corrected chi connectivity index (χ2v) is 6.20. The van der Waals surface area contributed by atoms with Gasteiger partial charge in [-0.05, 0) is 45.8 Å². The van der Waals surface area contributed by atoms with Crippen LogP contribution >= 0.6 is 15.9 Å². The van der Waals surface area contributed by atoms with Crippen LogP contribution in [-0.4, -0.2) is 19.0 Å². The number of amides is 1. The number of hydrogen-bond acceptors (Lipinski definition) is 4. The van der Waals surface area contributed by atoms with E-state index < -0.39 is 11.9 Å². The molecule has 2 rings (SSSR count). The van der Waals surface area contributed by atoms with E-state index in [0.29, 0.717) is 20.3 Å². The molecule has 0 aliphatic carbocycles. The van der Waals surface area contributed by atoms with Gasteiger partial charge in [-0.1, -0.05) is 25.6 Å². The molecule has 0 aliphatic heterocycles. The zero-order valence-corrected chi connectivity index (χ0v) is 15.4. The van der Waals surface area contributed by atoms with E-state index in [0.717, 1.165) is 5.56 Å². The van der Waals surface area contributed by atoms with Gasteiger partial charge in [-0.25, -0.2) is 19.6 Å². The van der Waals surface area contributed by atoms with Crippen LogP contribution in [0, 0.1) is 5.21 Å². The molecule has 1 unspecified atom stereocenters. The van der Waals surface area contributed by atoms with Gasteiger partial charge in [-0.15, -0.1) is 0 Å². The molecule has 2 aromatic rings. The van der Waals surface area contributed by atoms with Gasteiger partial charge in [0.25, 0.3) is 5.82 Å². The molecule has 0 spiro atoms. The molecule has 1 aromatic heterocycles. The van der Waals surface area contributed by atoms with Crippen molar-refractivity contribution in [2.24, 2.45) is 0 Å². The van der Waals surface area contributed by atoms with Gasteiger partial charge in [0.05, 0.1) is 18.9 Å². The van der Waals surface area contributed by atoms with Crippen LogP contribution in [0.5, 0.6) is 0 Å². The number of nitrogens with zero attached hydrogens (tertiary/aromatic N) is 1. The van der Waals surface area contributed by atoms with Crippen LogP contribution in [0.2, 0.25) is 0 Å². The third-order valence-electron chi connectivity index (χ3n) is 3.79. The number of nitrogens with one attached hydrogen (secondary N) is 1. The average Bonchev–Trinajstić information content (AvgIpc) is 2.62. The minimum Gasteiger partial charge on any atom is -0.711 e. The summed E-state index contributed by atoms with van der Waals surface area (Å²) in [6.07, 6.45) is 1.29. The van der Waals surface area contributed by atoms with E-state index in [2.05, 4.69) is 32.6 Å². The molecule has 1 heterocycles. The second kappa shape index (κ2) is 7.94. The highest BCUT2D eigenvalue weighted by Crippen LogP contribution is 2.25. The van der Waals surface area contributed by atoms with Crippen molar-refractivity contribution >= 4 is 33.6 Å². The van der Waals surface area contributed by atoms with E-state index >= 15 is 0 Å². The third kappa shape index (κ3) is 4.24. The van der Waals surface area contributed by atoms with Crippen molar-refractivity contribution in [1.29, 1.82) is 0 Å². The highest BCUT2D eigenvalue weighted by molar-refractivity contribution is 9.10. The number of aromatic nitrogens is 1. The van der Waals surface area contributed by atoms with Crippen LogP contribution in [0.1, 0.15) is 28.8 Å². The molecular weight excluding hydrogens is 388 g/mol. The Hall–Kier alpha value is -2.67. The van der Waals surface area contributed by atoms with Crippen molar-refractivity contribution in [2.45, 2.75) is 12.8 Å². The number of carbonyl (C=O) groups excluding carboxylic acids is 2. The number of halogens is 1. The van der Waals surface area contributed by atoms with Gasteiger partial charge in [0.15, 0.2) is 0 Å². The average molecular weight is 405 g/mol. The number of carbonyl (C=O) groups is 2. The normalized spacial score (nSPS) is 11.5. The molecule has 0 saturated carbocycles. The first kappa shape index (κ1) is 18.7. The molecule has 130 valence electrons. The summed E-state index contributed by atoms with van der Waals surface area (Å²) in [6.45, 7) is 5.65. The molecule has 25 heavy (non-hydrogen) atoms. The van der Waals surface area contributed by atoms with Gasteiger partial charge in [0.2, 0.25) is 0 Å². The minimum atomic E-state index is -0.457. The Bertz CT molecular complexity index is 798. The van der Waals surface area contributed by atoms with Gasteiger partial charge in [-0.2, -0.15) is 0 Å². The van der Waals surface area contributed by atoms with Crippen molar-refractivity contribution in [3.63, 3.8) is 0 Å². The van der Waals surface area contributed by atoms with Crippen LogP contribution < -0.4 is 10.0 Å². The summed E-state index contributed by atoms with van der Waals surface area (Å²) in [6, 6.07) is 9.95. The monoisotopic (exact) mass is 404 g/mol. The second-order valence-electron chi connectivity index (χ2n) is 5.35. The zero-order valence-electron chi connectivity index (χ0n) is 13.8. The van der Waals surface area contributed by atoms with Crippen LogP contribution in [0.4, 0.5) is 5.82 Å². The van der Waals surface area contributed by atoms with Crippen LogP contribution in [0.3, 0.4) is 0 Å². The van der Waals surface area contributed by atoms with Crippen molar-refractivity contribution in [1.82, 2.24) is 0 Å². The molecule has 0 aliphatic rings. The largest absolute Gasteiger partial charge is 0.711 e. The first-order chi connectivity index (χ1) is 11.8. The van der Waals surface area contributed by atoms with Crippen LogP contribution in [0.15, 0.2) is 59.2 Å². The van der Waals surface area contributed by atoms with E-state index in [1.54, 1.807) is 36.4 Å². The number of ether oxygens (including phenoxy) is 1. The molecule has 1 atom stereocenters. The Balaban J connectivity index is 2.13. The molecule has 0 saturated heterocycles. The fourth-order valence-corrected chi connectivity index (χ4v) is 2.62. The zero-order chi connectivity index (χ0) is 18.6. The quantitative estimate of drug-likeness (QED) is 0.359. The van der Waals surface area contributed by atoms with Crippen molar-refractivity contribution < 1.29 is 19.1 Å². The van der Waals surface area contributed by atoms with Crippen LogP contribution in [-0.2, 0) is 9.53 Å². The SMILES string of the molecule is C=C(C(=O)Nc1c(Br)ccc[n+]1[O-])C(C)c1ccc(C(=O)OC)cc1. The van der Waals surface area contributed by atoms with Crippen molar-refractivity contribution in [3.05, 3.63) is 75.6 Å². The number of methoxy groups -OCH3 is 1. The van der Waals surface area contributed by atoms with Gasteiger partial charge >= 0.3 is 11.9 Å². The molecule has 1 aromatic carbocycles. The summed E-state index contributed by atoms with van der Waals surface area (Å²) in [4.78, 5) is 23.9.